The molecule has 1 aromatic rings. The van der Waals surface area contributed by atoms with Crippen LogP contribution in [0, 0.1) is 6.92 Å². The molecule has 0 unspecified atom stereocenters. The Morgan fingerprint density at radius 1 is 1.38 bits per heavy atom. The summed E-state index contributed by atoms with van der Waals surface area (Å²) in [5, 5.41) is 3.30. The number of anilines is 1. The van der Waals surface area contributed by atoms with E-state index >= 15 is 0 Å². The first-order valence-corrected chi connectivity index (χ1v) is 5.67. The zero-order valence-corrected chi connectivity index (χ0v) is 9.65. The molecule has 2 rings (SSSR count). The van der Waals surface area contributed by atoms with Gasteiger partial charge in [0.2, 0.25) is 0 Å². The van der Waals surface area contributed by atoms with Crippen molar-refractivity contribution >= 4 is 5.82 Å². The average Bonchev–Trinajstić information content (AvgIpc) is 2.30. The molecule has 0 bridgehead atoms. The van der Waals surface area contributed by atoms with Crippen LogP contribution >= 0.6 is 0 Å². The second-order valence-corrected chi connectivity index (χ2v) is 3.93. The van der Waals surface area contributed by atoms with Crippen LogP contribution in [0.1, 0.15) is 5.69 Å². The topological polar surface area (TPSA) is 50.3 Å². The summed E-state index contributed by atoms with van der Waals surface area (Å²) in [5.74, 6) is 0.903. The molecule has 0 amide bonds. The van der Waals surface area contributed by atoms with E-state index in [1.54, 1.807) is 6.33 Å². The van der Waals surface area contributed by atoms with Gasteiger partial charge in [-0.2, -0.15) is 0 Å². The van der Waals surface area contributed by atoms with Crippen LogP contribution in [-0.4, -0.2) is 54.3 Å². The van der Waals surface area contributed by atoms with Crippen molar-refractivity contribution in [3.63, 3.8) is 0 Å². The Balaban J connectivity index is 1.71. The van der Waals surface area contributed by atoms with Crippen molar-refractivity contribution in [2.75, 3.05) is 44.7 Å². The fourth-order valence-corrected chi connectivity index (χ4v) is 1.72. The Hall–Kier alpha value is -1.20. The van der Waals surface area contributed by atoms with Crippen LogP contribution in [0.5, 0.6) is 0 Å². The minimum atomic E-state index is 0.854. The van der Waals surface area contributed by atoms with Crippen LogP contribution in [-0.2, 0) is 4.74 Å². The Morgan fingerprint density at radius 2 is 2.19 bits per heavy atom. The summed E-state index contributed by atoms with van der Waals surface area (Å²) in [6, 6.07) is 1.96. The molecule has 1 N–H and O–H groups in total. The summed E-state index contributed by atoms with van der Waals surface area (Å²) < 4.78 is 5.30. The minimum absolute atomic E-state index is 0.854. The number of ether oxygens (including phenoxy) is 1. The predicted octanol–water partition coefficient (Wildman–Crippen LogP) is 0.529. The van der Waals surface area contributed by atoms with Crippen LogP contribution in [0.25, 0.3) is 0 Å². The first-order valence-electron chi connectivity index (χ1n) is 5.67. The number of morpholine rings is 1. The van der Waals surface area contributed by atoms with E-state index in [1.807, 2.05) is 13.0 Å². The summed E-state index contributed by atoms with van der Waals surface area (Å²) in [4.78, 5) is 10.6. The summed E-state index contributed by atoms with van der Waals surface area (Å²) in [7, 11) is 0. The van der Waals surface area contributed by atoms with Gasteiger partial charge in [-0.15, -0.1) is 0 Å². The van der Waals surface area contributed by atoms with Crippen molar-refractivity contribution in [3.8, 4) is 0 Å². The van der Waals surface area contributed by atoms with Crippen molar-refractivity contribution in [2.24, 2.45) is 0 Å². The van der Waals surface area contributed by atoms with Crippen molar-refractivity contribution in [2.45, 2.75) is 6.92 Å². The summed E-state index contributed by atoms with van der Waals surface area (Å²) in [5.41, 5.74) is 0.990. The van der Waals surface area contributed by atoms with E-state index in [4.69, 9.17) is 4.74 Å². The van der Waals surface area contributed by atoms with E-state index in [2.05, 4.69) is 20.2 Å². The SMILES string of the molecule is Cc1cc(NCCN2CCOCC2)ncn1. The zero-order chi connectivity index (χ0) is 11.2. The normalized spacial score (nSPS) is 17.3. The quantitative estimate of drug-likeness (QED) is 0.805. The van der Waals surface area contributed by atoms with Gasteiger partial charge in [-0.25, -0.2) is 9.97 Å². The largest absolute Gasteiger partial charge is 0.379 e. The van der Waals surface area contributed by atoms with Gasteiger partial charge in [0.15, 0.2) is 0 Å². The third kappa shape index (κ3) is 3.43. The molecule has 1 aliphatic heterocycles. The van der Waals surface area contributed by atoms with Gasteiger partial charge in [0.25, 0.3) is 0 Å². The van der Waals surface area contributed by atoms with Crippen LogP contribution in [0.15, 0.2) is 12.4 Å². The summed E-state index contributed by atoms with van der Waals surface area (Å²) >= 11 is 0. The number of hydrogen-bond acceptors (Lipinski definition) is 5. The predicted molar refractivity (Wildman–Crippen MR) is 62.5 cm³/mol. The monoisotopic (exact) mass is 222 g/mol. The highest BCUT2D eigenvalue weighted by atomic mass is 16.5. The van der Waals surface area contributed by atoms with Crippen molar-refractivity contribution in [3.05, 3.63) is 18.1 Å². The standard InChI is InChI=1S/C11H18N4O/c1-10-8-11(14-9-13-10)12-2-3-15-4-6-16-7-5-15/h8-9H,2-7H2,1H3,(H,12,13,14). The Bertz CT molecular complexity index is 326. The second-order valence-electron chi connectivity index (χ2n) is 3.93. The lowest BCUT2D eigenvalue weighted by atomic mass is 10.4. The molecule has 16 heavy (non-hydrogen) atoms. The average molecular weight is 222 g/mol. The van der Waals surface area contributed by atoms with E-state index in [9.17, 15) is 0 Å². The number of nitrogens with zero attached hydrogens (tertiary/aromatic N) is 3. The minimum Gasteiger partial charge on any atom is -0.379 e. The highest BCUT2D eigenvalue weighted by molar-refractivity contribution is 5.34. The van der Waals surface area contributed by atoms with Gasteiger partial charge in [-0.3, -0.25) is 4.90 Å². The van der Waals surface area contributed by atoms with Gasteiger partial charge < -0.3 is 10.1 Å². The van der Waals surface area contributed by atoms with E-state index in [1.165, 1.54) is 0 Å². The van der Waals surface area contributed by atoms with E-state index in [0.29, 0.717) is 0 Å². The van der Waals surface area contributed by atoms with Crippen molar-refractivity contribution in [1.29, 1.82) is 0 Å². The van der Waals surface area contributed by atoms with Gasteiger partial charge in [-0.1, -0.05) is 0 Å². The molecule has 88 valence electrons. The zero-order valence-electron chi connectivity index (χ0n) is 9.65. The lowest BCUT2D eigenvalue weighted by Crippen LogP contribution is -2.39. The maximum Gasteiger partial charge on any atom is 0.129 e. The smallest absolute Gasteiger partial charge is 0.129 e. The Kier molecular flexibility index (Phi) is 4.07. The molecular formula is C11H18N4O. The van der Waals surface area contributed by atoms with Crippen LogP contribution in [0.2, 0.25) is 0 Å². The third-order valence-corrected chi connectivity index (χ3v) is 2.64. The third-order valence-electron chi connectivity index (χ3n) is 2.64. The summed E-state index contributed by atoms with van der Waals surface area (Å²) in [6.07, 6.45) is 1.59. The lowest BCUT2D eigenvalue weighted by Gasteiger charge is -2.26. The molecule has 0 atom stereocenters. The molecule has 1 aromatic heterocycles. The van der Waals surface area contributed by atoms with Crippen LogP contribution in [0.3, 0.4) is 0 Å². The molecule has 1 saturated heterocycles. The molecular weight excluding hydrogens is 204 g/mol. The fraction of sp³-hybridized carbons (Fsp3) is 0.636. The maximum absolute atomic E-state index is 5.30. The van der Waals surface area contributed by atoms with Crippen LogP contribution < -0.4 is 5.32 Å². The van der Waals surface area contributed by atoms with Gasteiger partial charge in [0.05, 0.1) is 13.2 Å². The molecule has 0 aliphatic carbocycles. The van der Waals surface area contributed by atoms with Gasteiger partial charge in [0, 0.05) is 37.9 Å². The maximum atomic E-state index is 5.30. The molecule has 1 aliphatic rings. The van der Waals surface area contributed by atoms with E-state index in [0.717, 1.165) is 50.9 Å². The van der Waals surface area contributed by atoms with Gasteiger partial charge in [0.1, 0.15) is 12.1 Å². The molecule has 1 fully saturated rings. The number of aryl methyl sites for hydroxylation is 1. The van der Waals surface area contributed by atoms with Gasteiger partial charge >= 0.3 is 0 Å². The Morgan fingerprint density at radius 3 is 2.94 bits per heavy atom. The second kappa shape index (κ2) is 5.77. The van der Waals surface area contributed by atoms with E-state index < -0.39 is 0 Å². The Labute approximate surface area is 95.8 Å². The molecule has 0 radical (unpaired) electrons. The fourth-order valence-electron chi connectivity index (χ4n) is 1.72. The highest BCUT2D eigenvalue weighted by Gasteiger charge is 2.09. The first kappa shape index (κ1) is 11.3. The van der Waals surface area contributed by atoms with Crippen molar-refractivity contribution in [1.82, 2.24) is 14.9 Å². The van der Waals surface area contributed by atoms with Crippen molar-refractivity contribution < 1.29 is 4.74 Å². The molecule has 0 spiro atoms. The highest BCUT2D eigenvalue weighted by Crippen LogP contribution is 2.02. The van der Waals surface area contributed by atoms with E-state index in [-0.39, 0.29) is 0 Å². The number of nitrogens with one attached hydrogen (secondary N) is 1. The molecule has 5 nitrogen and oxygen atoms in total. The lowest BCUT2D eigenvalue weighted by molar-refractivity contribution is 0.0398. The molecule has 0 saturated carbocycles. The number of rotatable bonds is 4. The first-order chi connectivity index (χ1) is 7.84. The summed E-state index contributed by atoms with van der Waals surface area (Å²) in [6.45, 7) is 7.69. The molecule has 5 heteroatoms. The molecule has 2 heterocycles. The number of hydrogen-bond donors (Lipinski definition) is 1. The molecule has 0 aromatic carbocycles. The van der Waals surface area contributed by atoms with Gasteiger partial charge in [-0.05, 0) is 6.92 Å². The van der Waals surface area contributed by atoms with Crippen LogP contribution in [0.4, 0.5) is 5.82 Å². The number of aromatic nitrogens is 2.